The summed E-state index contributed by atoms with van der Waals surface area (Å²) in [6, 6.07) is 1.68. The zero-order valence-corrected chi connectivity index (χ0v) is 11.6. The Labute approximate surface area is 108 Å². The molecule has 2 N–H and O–H groups in total. The molecule has 0 aliphatic heterocycles. The predicted octanol–water partition coefficient (Wildman–Crippen LogP) is 0.707. The van der Waals surface area contributed by atoms with Crippen molar-refractivity contribution < 1.29 is 4.79 Å². The molecule has 18 heavy (non-hydrogen) atoms. The normalized spacial score (nSPS) is 10.6. The molecule has 0 aliphatic rings. The fraction of sp³-hybridized carbons (Fsp3) is 0.583. The lowest BCUT2D eigenvalue weighted by Gasteiger charge is -2.21. The third-order valence-corrected chi connectivity index (χ3v) is 2.53. The highest BCUT2D eigenvalue weighted by Crippen LogP contribution is 2.17. The van der Waals surface area contributed by atoms with Crippen molar-refractivity contribution >= 4 is 17.5 Å². The average Bonchev–Trinajstić information content (AvgIpc) is 2.27. The van der Waals surface area contributed by atoms with Gasteiger partial charge in [0.1, 0.15) is 17.5 Å². The largest absolute Gasteiger partial charge is 0.384 e. The highest BCUT2D eigenvalue weighted by molar-refractivity contribution is 5.80. The number of nitrogen functional groups attached to an aromatic ring is 1. The van der Waals surface area contributed by atoms with Crippen molar-refractivity contribution in [2.75, 3.05) is 38.3 Å². The van der Waals surface area contributed by atoms with E-state index in [-0.39, 0.29) is 18.4 Å². The van der Waals surface area contributed by atoms with Crippen LogP contribution in [0, 0.1) is 0 Å². The molecule has 0 saturated heterocycles. The van der Waals surface area contributed by atoms with Gasteiger partial charge in [-0.1, -0.05) is 13.8 Å². The van der Waals surface area contributed by atoms with E-state index in [1.807, 2.05) is 20.9 Å². The maximum atomic E-state index is 11.6. The standard InChI is InChI=1S/C12H21N5O/c1-8(2)12-14-9(13)6-10(15-12)17(5)7-11(18)16(3)4/h6,8H,7H2,1-5H3,(H2,13,14,15). The van der Waals surface area contributed by atoms with E-state index in [0.717, 1.165) is 0 Å². The number of rotatable bonds is 4. The number of carbonyl (C=O) groups excluding carboxylic acids is 1. The van der Waals surface area contributed by atoms with Crippen LogP contribution in [-0.2, 0) is 4.79 Å². The van der Waals surface area contributed by atoms with Crippen molar-refractivity contribution in [1.29, 1.82) is 0 Å². The molecule has 0 unspecified atom stereocenters. The predicted molar refractivity (Wildman–Crippen MR) is 72.5 cm³/mol. The number of hydrogen-bond donors (Lipinski definition) is 1. The van der Waals surface area contributed by atoms with Crippen molar-refractivity contribution in [3.05, 3.63) is 11.9 Å². The molecule has 0 spiro atoms. The molecule has 100 valence electrons. The smallest absolute Gasteiger partial charge is 0.241 e. The topological polar surface area (TPSA) is 75.3 Å². The van der Waals surface area contributed by atoms with Crippen molar-refractivity contribution in [3.8, 4) is 0 Å². The van der Waals surface area contributed by atoms with Gasteiger partial charge in [-0.2, -0.15) is 0 Å². The number of amides is 1. The maximum Gasteiger partial charge on any atom is 0.241 e. The lowest BCUT2D eigenvalue weighted by atomic mass is 10.2. The Hall–Kier alpha value is -1.85. The van der Waals surface area contributed by atoms with Gasteiger partial charge < -0.3 is 15.5 Å². The van der Waals surface area contributed by atoms with E-state index in [1.165, 1.54) is 0 Å². The molecule has 0 saturated carbocycles. The second-order valence-corrected chi connectivity index (χ2v) is 4.81. The lowest BCUT2D eigenvalue weighted by molar-refractivity contribution is -0.127. The summed E-state index contributed by atoms with van der Waals surface area (Å²) in [5.41, 5.74) is 5.75. The zero-order chi connectivity index (χ0) is 13.9. The van der Waals surface area contributed by atoms with Crippen LogP contribution in [0.3, 0.4) is 0 Å². The Kier molecular flexibility index (Phi) is 4.47. The lowest BCUT2D eigenvalue weighted by Crippen LogP contribution is -2.34. The van der Waals surface area contributed by atoms with Crippen LogP contribution >= 0.6 is 0 Å². The van der Waals surface area contributed by atoms with E-state index in [2.05, 4.69) is 9.97 Å². The van der Waals surface area contributed by atoms with Gasteiger partial charge in [0.15, 0.2) is 0 Å². The molecule has 0 aromatic carbocycles. The van der Waals surface area contributed by atoms with Gasteiger partial charge in [0, 0.05) is 33.1 Å². The van der Waals surface area contributed by atoms with Crippen LogP contribution in [0.2, 0.25) is 0 Å². The fourth-order valence-electron chi connectivity index (χ4n) is 1.35. The summed E-state index contributed by atoms with van der Waals surface area (Å²) < 4.78 is 0. The average molecular weight is 251 g/mol. The molecule has 0 aliphatic carbocycles. The second-order valence-electron chi connectivity index (χ2n) is 4.81. The summed E-state index contributed by atoms with van der Waals surface area (Å²) in [6.45, 7) is 4.27. The molecule has 1 aromatic heterocycles. The van der Waals surface area contributed by atoms with Gasteiger partial charge in [0.2, 0.25) is 5.91 Å². The van der Waals surface area contributed by atoms with E-state index in [4.69, 9.17) is 5.73 Å². The number of hydrogen-bond acceptors (Lipinski definition) is 5. The van der Waals surface area contributed by atoms with Gasteiger partial charge in [0.05, 0.1) is 6.54 Å². The maximum absolute atomic E-state index is 11.6. The zero-order valence-electron chi connectivity index (χ0n) is 11.6. The third-order valence-electron chi connectivity index (χ3n) is 2.53. The van der Waals surface area contributed by atoms with Crippen molar-refractivity contribution in [2.45, 2.75) is 19.8 Å². The summed E-state index contributed by atoms with van der Waals surface area (Å²) in [6.07, 6.45) is 0. The first-order valence-corrected chi connectivity index (χ1v) is 5.87. The molecular weight excluding hydrogens is 230 g/mol. The summed E-state index contributed by atoms with van der Waals surface area (Å²) in [7, 11) is 5.27. The number of nitrogens with zero attached hydrogens (tertiary/aromatic N) is 4. The van der Waals surface area contributed by atoms with Crippen LogP contribution in [0.25, 0.3) is 0 Å². The summed E-state index contributed by atoms with van der Waals surface area (Å²) in [4.78, 5) is 23.5. The first-order chi connectivity index (χ1) is 8.31. The van der Waals surface area contributed by atoms with Crippen LogP contribution < -0.4 is 10.6 Å². The highest BCUT2D eigenvalue weighted by atomic mass is 16.2. The van der Waals surface area contributed by atoms with Crippen molar-refractivity contribution in [2.24, 2.45) is 0 Å². The minimum absolute atomic E-state index is 0.0146. The first kappa shape index (κ1) is 14.2. The Morgan fingerprint density at radius 2 is 1.94 bits per heavy atom. The van der Waals surface area contributed by atoms with Crippen molar-refractivity contribution in [3.63, 3.8) is 0 Å². The van der Waals surface area contributed by atoms with E-state index >= 15 is 0 Å². The van der Waals surface area contributed by atoms with Crippen molar-refractivity contribution in [1.82, 2.24) is 14.9 Å². The number of carbonyl (C=O) groups is 1. The van der Waals surface area contributed by atoms with Gasteiger partial charge in [-0.15, -0.1) is 0 Å². The molecule has 1 heterocycles. The monoisotopic (exact) mass is 251 g/mol. The summed E-state index contributed by atoms with van der Waals surface area (Å²) >= 11 is 0. The molecule has 0 atom stereocenters. The number of nitrogens with two attached hydrogens (primary N) is 1. The van der Waals surface area contributed by atoms with Crippen LogP contribution in [-0.4, -0.2) is 48.5 Å². The molecule has 0 radical (unpaired) electrons. The fourth-order valence-corrected chi connectivity index (χ4v) is 1.35. The van der Waals surface area contributed by atoms with Gasteiger partial charge >= 0.3 is 0 Å². The first-order valence-electron chi connectivity index (χ1n) is 5.87. The number of likely N-dealkylation sites (N-methyl/N-ethyl adjacent to an activating group) is 2. The van der Waals surface area contributed by atoms with Gasteiger partial charge in [0.25, 0.3) is 0 Å². The molecule has 0 fully saturated rings. The van der Waals surface area contributed by atoms with E-state index in [0.29, 0.717) is 17.5 Å². The third kappa shape index (κ3) is 3.58. The van der Waals surface area contributed by atoms with E-state index < -0.39 is 0 Å². The summed E-state index contributed by atoms with van der Waals surface area (Å²) in [5.74, 6) is 1.99. The van der Waals surface area contributed by atoms with E-state index in [9.17, 15) is 4.79 Å². The number of aromatic nitrogens is 2. The quantitative estimate of drug-likeness (QED) is 0.852. The Balaban J connectivity index is 2.92. The molecule has 6 heteroatoms. The van der Waals surface area contributed by atoms with Crippen LogP contribution in [0.4, 0.5) is 11.6 Å². The van der Waals surface area contributed by atoms with E-state index in [1.54, 1.807) is 30.0 Å². The molecule has 1 amide bonds. The summed E-state index contributed by atoms with van der Waals surface area (Å²) in [5, 5.41) is 0. The molecular formula is C12H21N5O. The molecule has 1 rings (SSSR count). The minimum atomic E-state index is 0.0146. The Bertz CT molecular complexity index is 430. The van der Waals surface area contributed by atoms with Gasteiger partial charge in [-0.3, -0.25) is 4.79 Å². The second kappa shape index (κ2) is 5.66. The van der Waals surface area contributed by atoms with Gasteiger partial charge in [-0.05, 0) is 0 Å². The van der Waals surface area contributed by atoms with Gasteiger partial charge in [-0.25, -0.2) is 9.97 Å². The molecule has 0 bridgehead atoms. The molecule has 1 aromatic rings. The van der Waals surface area contributed by atoms with Crippen LogP contribution in [0.15, 0.2) is 6.07 Å². The Morgan fingerprint density at radius 3 is 2.44 bits per heavy atom. The SMILES string of the molecule is CC(C)c1nc(N)cc(N(C)CC(=O)N(C)C)n1. The Morgan fingerprint density at radius 1 is 1.33 bits per heavy atom. The molecule has 6 nitrogen and oxygen atoms in total. The number of anilines is 2. The van der Waals surface area contributed by atoms with Crippen LogP contribution in [0.5, 0.6) is 0 Å². The van der Waals surface area contributed by atoms with Crippen LogP contribution in [0.1, 0.15) is 25.6 Å². The minimum Gasteiger partial charge on any atom is -0.384 e. The highest BCUT2D eigenvalue weighted by Gasteiger charge is 2.13.